The van der Waals surface area contributed by atoms with Crippen molar-refractivity contribution in [1.82, 2.24) is 10.7 Å². The lowest BCUT2D eigenvalue weighted by atomic mass is 10.0. The van der Waals surface area contributed by atoms with Crippen molar-refractivity contribution >= 4 is 29.6 Å². The highest BCUT2D eigenvalue weighted by Crippen LogP contribution is 2.29. The van der Waals surface area contributed by atoms with Crippen molar-refractivity contribution in [2.24, 2.45) is 11.0 Å². The van der Waals surface area contributed by atoms with E-state index < -0.39 is 23.7 Å². The number of nitrogens with zero attached hydrogens (tertiary/aromatic N) is 1. The van der Waals surface area contributed by atoms with Gasteiger partial charge < -0.3 is 14.8 Å². The Hall–Kier alpha value is -3.91. The van der Waals surface area contributed by atoms with Gasteiger partial charge in [-0.15, -0.1) is 0 Å². The zero-order valence-corrected chi connectivity index (χ0v) is 21.6. The molecular formula is C28H29ClFN3O4. The molecule has 1 atom stereocenters. The highest BCUT2D eigenvalue weighted by Gasteiger charge is 2.25. The van der Waals surface area contributed by atoms with E-state index in [4.69, 9.17) is 21.1 Å². The second-order valence-electron chi connectivity index (χ2n) is 8.46. The van der Waals surface area contributed by atoms with E-state index in [1.165, 1.54) is 24.4 Å². The molecule has 3 aromatic carbocycles. The molecule has 0 spiro atoms. The van der Waals surface area contributed by atoms with Crippen LogP contribution in [0, 0.1) is 11.7 Å². The number of carbonyl (C=O) groups is 2. The Labute approximate surface area is 220 Å². The Morgan fingerprint density at radius 1 is 1.03 bits per heavy atom. The van der Waals surface area contributed by atoms with Gasteiger partial charge in [-0.3, -0.25) is 9.59 Å². The Kier molecular flexibility index (Phi) is 10.0. The number of rotatable bonds is 11. The van der Waals surface area contributed by atoms with Crippen LogP contribution in [-0.2, 0) is 11.4 Å². The maximum Gasteiger partial charge on any atom is 0.262 e. The van der Waals surface area contributed by atoms with Gasteiger partial charge in [-0.25, -0.2) is 9.82 Å². The molecular weight excluding hydrogens is 497 g/mol. The molecule has 0 radical (unpaired) electrons. The van der Waals surface area contributed by atoms with Crippen molar-refractivity contribution in [2.75, 3.05) is 6.61 Å². The number of carbonyl (C=O) groups excluding carboxylic acids is 2. The number of hydrogen-bond donors (Lipinski definition) is 2. The van der Waals surface area contributed by atoms with Crippen LogP contribution in [0.15, 0.2) is 71.8 Å². The third kappa shape index (κ3) is 8.05. The van der Waals surface area contributed by atoms with Gasteiger partial charge in [-0.05, 0) is 66.4 Å². The van der Waals surface area contributed by atoms with Gasteiger partial charge in [-0.2, -0.15) is 5.10 Å². The van der Waals surface area contributed by atoms with Crippen molar-refractivity contribution in [3.63, 3.8) is 0 Å². The lowest BCUT2D eigenvalue weighted by Gasteiger charge is -2.20. The van der Waals surface area contributed by atoms with E-state index in [1.54, 1.807) is 50.2 Å². The van der Waals surface area contributed by atoms with Crippen LogP contribution in [-0.4, -0.2) is 30.7 Å². The lowest BCUT2D eigenvalue weighted by Crippen LogP contribution is -2.48. The second-order valence-corrected chi connectivity index (χ2v) is 8.90. The van der Waals surface area contributed by atoms with Gasteiger partial charge in [0.15, 0.2) is 11.5 Å². The molecule has 0 aromatic heterocycles. The molecule has 1 unspecified atom stereocenters. The van der Waals surface area contributed by atoms with E-state index in [2.05, 4.69) is 15.8 Å². The summed E-state index contributed by atoms with van der Waals surface area (Å²) in [7, 11) is 0. The van der Waals surface area contributed by atoms with Crippen molar-refractivity contribution in [1.29, 1.82) is 0 Å². The summed E-state index contributed by atoms with van der Waals surface area (Å²) in [4.78, 5) is 25.2. The molecule has 3 rings (SSSR count). The summed E-state index contributed by atoms with van der Waals surface area (Å²) in [6.07, 6.45) is 1.46. The SMILES string of the molecule is CCOc1cc(C=NNC(=O)C(NC(=O)c2ccccc2F)C(C)C)ccc1OCc1ccc(Cl)cc1. The fourth-order valence-electron chi connectivity index (χ4n) is 3.37. The van der Waals surface area contributed by atoms with Crippen LogP contribution >= 0.6 is 11.6 Å². The summed E-state index contributed by atoms with van der Waals surface area (Å²) in [5, 5.41) is 7.25. The van der Waals surface area contributed by atoms with Gasteiger partial charge in [0.05, 0.1) is 18.4 Å². The highest BCUT2D eigenvalue weighted by molar-refractivity contribution is 6.30. The minimum Gasteiger partial charge on any atom is -0.490 e. The predicted octanol–water partition coefficient (Wildman–Crippen LogP) is 5.36. The first-order valence-corrected chi connectivity index (χ1v) is 12.2. The molecule has 0 saturated heterocycles. The summed E-state index contributed by atoms with van der Waals surface area (Å²) in [6.45, 7) is 6.19. The van der Waals surface area contributed by atoms with Gasteiger partial charge in [0.25, 0.3) is 11.8 Å². The van der Waals surface area contributed by atoms with Crippen molar-refractivity contribution in [3.05, 3.63) is 94.3 Å². The number of hydrazone groups is 1. The van der Waals surface area contributed by atoms with E-state index >= 15 is 0 Å². The smallest absolute Gasteiger partial charge is 0.262 e. The lowest BCUT2D eigenvalue weighted by molar-refractivity contribution is -0.123. The van der Waals surface area contributed by atoms with Crippen LogP contribution < -0.4 is 20.2 Å². The summed E-state index contributed by atoms with van der Waals surface area (Å²) < 4.78 is 25.5. The first-order chi connectivity index (χ1) is 17.8. The number of benzene rings is 3. The summed E-state index contributed by atoms with van der Waals surface area (Å²) in [6, 6.07) is 17.3. The van der Waals surface area contributed by atoms with Crippen LogP contribution in [0.2, 0.25) is 5.02 Å². The summed E-state index contributed by atoms with van der Waals surface area (Å²) in [5.41, 5.74) is 3.93. The zero-order chi connectivity index (χ0) is 26.8. The van der Waals surface area contributed by atoms with Gasteiger partial charge in [0.1, 0.15) is 18.5 Å². The molecule has 2 N–H and O–H groups in total. The fourth-order valence-corrected chi connectivity index (χ4v) is 3.50. The maximum atomic E-state index is 13.9. The molecule has 2 amide bonds. The Morgan fingerprint density at radius 2 is 1.76 bits per heavy atom. The number of nitrogens with one attached hydrogen (secondary N) is 2. The van der Waals surface area contributed by atoms with Crippen LogP contribution in [0.4, 0.5) is 4.39 Å². The third-order valence-corrected chi connectivity index (χ3v) is 5.57. The molecule has 3 aromatic rings. The monoisotopic (exact) mass is 525 g/mol. The molecule has 0 heterocycles. The number of amides is 2. The molecule has 194 valence electrons. The molecule has 0 bridgehead atoms. The van der Waals surface area contributed by atoms with Gasteiger partial charge in [0.2, 0.25) is 0 Å². The molecule has 37 heavy (non-hydrogen) atoms. The average Bonchev–Trinajstić information content (AvgIpc) is 2.87. The van der Waals surface area contributed by atoms with E-state index in [-0.39, 0.29) is 11.5 Å². The number of halogens is 2. The predicted molar refractivity (Wildman–Crippen MR) is 142 cm³/mol. The van der Waals surface area contributed by atoms with Crippen LogP contribution in [0.3, 0.4) is 0 Å². The van der Waals surface area contributed by atoms with Gasteiger partial charge >= 0.3 is 0 Å². The molecule has 0 aliphatic carbocycles. The Morgan fingerprint density at radius 3 is 2.43 bits per heavy atom. The van der Waals surface area contributed by atoms with E-state index in [0.29, 0.717) is 35.3 Å². The van der Waals surface area contributed by atoms with Crippen LogP contribution in [0.1, 0.15) is 42.3 Å². The van der Waals surface area contributed by atoms with Gasteiger partial charge in [0, 0.05) is 5.02 Å². The Bertz CT molecular complexity index is 1250. The van der Waals surface area contributed by atoms with E-state index in [0.717, 1.165) is 5.56 Å². The van der Waals surface area contributed by atoms with Crippen molar-refractivity contribution < 1.29 is 23.5 Å². The summed E-state index contributed by atoms with van der Waals surface area (Å²) >= 11 is 5.93. The normalized spacial score (nSPS) is 11.8. The first kappa shape index (κ1) is 27.7. The minimum atomic E-state index is -0.910. The second kappa shape index (κ2) is 13.4. The molecule has 9 heteroatoms. The zero-order valence-electron chi connectivity index (χ0n) is 20.8. The first-order valence-electron chi connectivity index (χ1n) is 11.8. The van der Waals surface area contributed by atoms with Crippen molar-refractivity contribution in [3.8, 4) is 11.5 Å². The van der Waals surface area contributed by atoms with Crippen molar-refractivity contribution in [2.45, 2.75) is 33.4 Å². The van der Waals surface area contributed by atoms with Crippen LogP contribution in [0.25, 0.3) is 0 Å². The van der Waals surface area contributed by atoms with E-state index in [1.807, 2.05) is 19.1 Å². The molecule has 0 fully saturated rings. The minimum absolute atomic E-state index is 0.133. The van der Waals surface area contributed by atoms with Crippen LogP contribution in [0.5, 0.6) is 11.5 Å². The topological polar surface area (TPSA) is 89.0 Å². The molecule has 7 nitrogen and oxygen atoms in total. The molecule has 0 aliphatic rings. The average molecular weight is 526 g/mol. The number of hydrogen-bond acceptors (Lipinski definition) is 5. The quantitative estimate of drug-likeness (QED) is 0.260. The summed E-state index contributed by atoms with van der Waals surface area (Å²) in [5.74, 6) is -1.02. The highest BCUT2D eigenvalue weighted by atomic mass is 35.5. The Balaban J connectivity index is 1.64. The van der Waals surface area contributed by atoms with E-state index in [9.17, 15) is 14.0 Å². The van der Waals surface area contributed by atoms with Gasteiger partial charge in [-0.1, -0.05) is 49.7 Å². The largest absolute Gasteiger partial charge is 0.490 e. The maximum absolute atomic E-state index is 13.9. The number of ether oxygens (including phenoxy) is 2. The fraction of sp³-hybridized carbons (Fsp3) is 0.250. The molecule has 0 aliphatic heterocycles. The standard InChI is InChI=1S/C28H29ClFN3O4/c1-4-36-25-15-20(11-14-24(25)37-17-19-9-12-21(29)13-10-19)16-31-33-28(35)26(18(2)3)32-27(34)22-7-5-6-8-23(22)30/h5-16,18,26H,4,17H2,1-3H3,(H,32,34)(H,33,35). The third-order valence-electron chi connectivity index (χ3n) is 5.32. The molecule has 0 saturated carbocycles.